The van der Waals surface area contributed by atoms with Gasteiger partial charge in [-0.25, -0.2) is 13.4 Å². The van der Waals surface area contributed by atoms with Gasteiger partial charge in [0.25, 0.3) is 5.91 Å². The van der Waals surface area contributed by atoms with Gasteiger partial charge in [0.15, 0.2) is 15.7 Å². The van der Waals surface area contributed by atoms with Crippen molar-refractivity contribution in [2.45, 2.75) is 11.8 Å². The molecule has 3 rings (SSSR count). The van der Waals surface area contributed by atoms with E-state index in [9.17, 15) is 13.2 Å². The smallest absolute Gasteiger partial charge is 0.258 e. The standard InChI is InChI=1S/C17H15N5O3S/c1-11-19-15(14-5-3-4-10-18-14)21-17(20-11)22-16(23)12-6-8-13(9-7-12)26(2,24)25/h3-10H,1-2H3,(H,19,20,21,22,23). The molecule has 0 aliphatic heterocycles. The molecule has 9 heteroatoms. The summed E-state index contributed by atoms with van der Waals surface area (Å²) >= 11 is 0. The molecule has 0 atom stereocenters. The van der Waals surface area contributed by atoms with E-state index in [1.54, 1.807) is 25.3 Å². The number of amides is 1. The first-order chi connectivity index (χ1) is 12.3. The highest BCUT2D eigenvalue weighted by Crippen LogP contribution is 2.15. The summed E-state index contributed by atoms with van der Waals surface area (Å²) in [6.45, 7) is 1.69. The second-order valence-electron chi connectivity index (χ2n) is 5.50. The number of benzene rings is 1. The molecule has 0 bridgehead atoms. The van der Waals surface area contributed by atoms with Gasteiger partial charge in [-0.1, -0.05) is 6.07 Å². The molecule has 8 nitrogen and oxygen atoms in total. The second-order valence-corrected chi connectivity index (χ2v) is 7.51. The van der Waals surface area contributed by atoms with Gasteiger partial charge in [0.2, 0.25) is 5.95 Å². The van der Waals surface area contributed by atoms with E-state index < -0.39 is 15.7 Å². The second kappa shape index (κ2) is 6.96. The minimum Gasteiger partial charge on any atom is -0.290 e. The molecule has 2 heterocycles. The van der Waals surface area contributed by atoms with Gasteiger partial charge in [0.05, 0.1) is 4.90 Å². The highest BCUT2D eigenvalue weighted by atomic mass is 32.2. The highest BCUT2D eigenvalue weighted by Gasteiger charge is 2.13. The minimum atomic E-state index is -3.32. The van der Waals surface area contributed by atoms with Gasteiger partial charge in [-0.3, -0.25) is 15.1 Å². The van der Waals surface area contributed by atoms with Crippen LogP contribution in [0.2, 0.25) is 0 Å². The average Bonchev–Trinajstić information content (AvgIpc) is 2.61. The molecular weight excluding hydrogens is 354 g/mol. The molecule has 0 aliphatic carbocycles. The Kier molecular flexibility index (Phi) is 4.72. The molecule has 1 N–H and O–H groups in total. The average molecular weight is 369 g/mol. The summed E-state index contributed by atoms with van der Waals surface area (Å²) in [5.41, 5.74) is 0.848. The summed E-state index contributed by atoms with van der Waals surface area (Å²) in [6.07, 6.45) is 2.73. The van der Waals surface area contributed by atoms with Gasteiger partial charge < -0.3 is 0 Å². The van der Waals surface area contributed by atoms with Crippen LogP contribution in [0, 0.1) is 6.92 Å². The van der Waals surface area contributed by atoms with Crippen molar-refractivity contribution >= 4 is 21.7 Å². The fourth-order valence-corrected chi connectivity index (χ4v) is 2.81. The Labute approximate surface area is 150 Å². The summed E-state index contributed by atoms with van der Waals surface area (Å²) in [7, 11) is -3.32. The molecule has 0 spiro atoms. The molecule has 0 saturated carbocycles. The van der Waals surface area contributed by atoms with E-state index in [0.29, 0.717) is 17.3 Å². The summed E-state index contributed by atoms with van der Waals surface area (Å²) in [6, 6.07) is 11.0. The monoisotopic (exact) mass is 369 g/mol. The van der Waals surface area contributed by atoms with E-state index in [1.165, 1.54) is 24.3 Å². The minimum absolute atomic E-state index is 0.0929. The van der Waals surface area contributed by atoms with Crippen molar-refractivity contribution in [3.05, 3.63) is 60.0 Å². The van der Waals surface area contributed by atoms with Crippen molar-refractivity contribution < 1.29 is 13.2 Å². The predicted octanol–water partition coefficient (Wildman–Crippen LogP) is 1.90. The number of carbonyl (C=O) groups excluding carboxylic acids is 1. The molecule has 0 aliphatic rings. The number of hydrogen-bond acceptors (Lipinski definition) is 7. The number of anilines is 1. The zero-order valence-corrected chi connectivity index (χ0v) is 14.9. The zero-order valence-electron chi connectivity index (χ0n) is 14.0. The van der Waals surface area contributed by atoms with Gasteiger partial charge in [0, 0.05) is 18.0 Å². The van der Waals surface area contributed by atoms with Crippen LogP contribution in [0.3, 0.4) is 0 Å². The van der Waals surface area contributed by atoms with Crippen LogP contribution < -0.4 is 5.32 Å². The summed E-state index contributed by atoms with van der Waals surface area (Å²) < 4.78 is 23.0. The van der Waals surface area contributed by atoms with Crippen molar-refractivity contribution in [1.29, 1.82) is 0 Å². The topological polar surface area (TPSA) is 115 Å². The molecule has 0 unspecified atom stereocenters. The Morgan fingerprint density at radius 2 is 1.73 bits per heavy atom. The van der Waals surface area contributed by atoms with E-state index in [0.717, 1.165) is 6.26 Å². The molecule has 1 amide bonds. The van der Waals surface area contributed by atoms with E-state index in [4.69, 9.17) is 0 Å². The number of pyridine rings is 1. The first kappa shape index (κ1) is 17.6. The lowest BCUT2D eigenvalue weighted by Gasteiger charge is -2.07. The van der Waals surface area contributed by atoms with Crippen LogP contribution >= 0.6 is 0 Å². The predicted molar refractivity (Wildman–Crippen MR) is 95.3 cm³/mol. The number of carbonyl (C=O) groups is 1. The molecule has 132 valence electrons. The van der Waals surface area contributed by atoms with E-state index in [2.05, 4.69) is 25.3 Å². The summed E-state index contributed by atoms with van der Waals surface area (Å²) in [5.74, 6) is 0.419. The van der Waals surface area contributed by atoms with Crippen molar-refractivity contribution in [3.8, 4) is 11.5 Å². The first-order valence-corrected chi connectivity index (χ1v) is 9.47. The maximum absolute atomic E-state index is 12.4. The highest BCUT2D eigenvalue weighted by molar-refractivity contribution is 7.90. The molecule has 26 heavy (non-hydrogen) atoms. The maximum Gasteiger partial charge on any atom is 0.258 e. The molecule has 0 radical (unpaired) electrons. The Hall–Kier alpha value is -3.20. The van der Waals surface area contributed by atoms with E-state index >= 15 is 0 Å². The van der Waals surface area contributed by atoms with Gasteiger partial charge >= 0.3 is 0 Å². The van der Waals surface area contributed by atoms with Crippen LogP contribution in [0.1, 0.15) is 16.2 Å². The summed E-state index contributed by atoms with van der Waals surface area (Å²) in [5, 5.41) is 2.59. The number of aryl methyl sites for hydroxylation is 1. The number of rotatable bonds is 4. The van der Waals surface area contributed by atoms with Gasteiger partial charge in [0.1, 0.15) is 11.5 Å². The van der Waals surface area contributed by atoms with Crippen molar-refractivity contribution in [1.82, 2.24) is 19.9 Å². The number of nitrogens with zero attached hydrogens (tertiary/aromatic N) is 4. The lowest BCUT2D eigenvalue weighted by molar-refractivity contribution is 0.102. The molecule has 3 aromatic rings. The van der Waals surface area contributed by atoms with Crippen molar-refractivity contribution in [3.63, 3.8) is 0 Å². The Bertz CT molecular complexity index is 1050. The fourth-order valence-electron chi connectivity index (χ4n) is 2.17. The van der Waals surface area contributed by atoms with Gasteiger partial charge in [-0.2, -0.15) is 9.97 Å². The SMILES string of the molecule is Cc1nc(NC(=O)c2ccc(S(C)(=O)=O)cc2)nc(-c2ccccn2)n1. The molecule has 0 fully saturated rings. The molecular formula is C17H15N5O3S. The summed E-state index contributed by atoms with van der Waals surface area (Å²) in [4.78, 5) is 29.2. The molecule has 2 aromatic heterocycles. The Balaban J connectivity index is 1.84. The lowest BCUT2D eigenvalue weighted by Crippen LogP contribution is -2.15. The third-order valence-corrected chi connectivity index (χ3v) is 4.54. The van der Waals surface area contributed by atoms with Crippen LogP contribution in [-0.4, -0.2) is 40.5 Å². The van der Waals surface area contributed by atoms with Gasteiger partial charge in [-0.05, 0) is 43.3 Å². The third kappa shape index (κ3) is 4.06. The third-order valence-electron chi connectivity index (χ3n) is 3.41. The first-order valence-electron chi connectivity index (χ1n) is 7.58. The zero-order chi connectivity index (χ0) is 18.7. The lowest BCUT2D eigenvalue weighted by atomic mass is 10.2. The van der Waals surface area contributed by atoms with Crippen LogP contribution in [0.4, 0.5) is 5.95 Å². The fraction of sp³-hybridized carbons (Fsp3) is 0.118. The number of sulfone groups is 1. The van der Waals surface area contributed by atoms with Crippen LogP contribution in [0.15, 0.2) is 53.6 Å². The van der Waals surface area contributed by atoms with Crippen LogP contribution in [-0.2, 0) is 9.84 Å². The number of aromatic nitrogens is 4. The van der Waals surface area contributed by atoms with Crippen LogP contribution in [0.5, 0.6) is 0 Å². The van der Waals surface area contributed by atoms with Crippen molar-refractivity contribution in [2.75, 3.05) is 11.6 Å². The van der Waals surface area contributed by atoms with Gasteiger partial charge in [-0.15, -0.1) is 0 Å². The molecule has 0 saturated heterocycles. The van der Waals surface area contributed by atoms with E-state index in [1.807, 2.05) is 6.07 Å². The van der Waals surface area contributed by atoms with Crippen LogP contribution in [0.25, 0.3) is 11.5 Å². The quantitative estimate of drug-likeness (QED) is 0.747. The van der Waals surface area contributed by atoms with E-state index in [-0.39, 0.29) is 16.4 Å². The Morgan fingerprint density at radius 1 is 1.00 bits per heavy atom. The Morgan fingerprint density at radius 3 is 2.35 bits per heavy atom. The van der Waals surface area contributed by atoms with Crippen molar-refractivity contribution in [2.24, 2.45) is 0 Å². The number of nitrogens with one attached hydrogen (secondary N) is 1. The normalized spacial score (nSPS) is 11.2. The molecule has 1 aromatic carbocycles. The maximum atomic E-state index is 12.4. The largest absolute Gasteiger partial charge is 0.290 e. The number of hydrogen-bond donors (Lipinski definition) is 1.